The Balaban J connectivity index is 2.39. The van der Waals surface area contributed by atoms with Gasteiger partial charge in [-0.1, -0.05) is 0 Å². The first kappa shape index (κ1) is 13.1. The molecule has 0 aromatic carbocycles. The van der Waals surface area contributed by atoms with Gasteiger partial charge in [0.1, 0.15) is 24.1 Å². The molecule has 2 rings (SSSR count). The van der Waals surface area contributed by atoms with Gasteiger partial charge in [0.2, 0.25) is 0 Å². The van der Waals surface area contributed by atoms with Crippen LogP contribution in [0.1, 0.15) is 17.2 Å². The molecular weight excluding hydrogens is 248 g/mol. The first-order chi connectivity index (χ1) is 8.47. The van der Waals surface area contributed by atoms with Gasteiger partial charge in [0.25, 0.3) is 5.56 Å². The van der Waals surface area contributed by atoms with E-state index in [4.69, 9.17) is 9.84 Å². The van der Waals surface area contributed by atoms with Crippen molar-refractivity contribution < 1.29 is 23.7 Å². The quantitative estimate of drug-likeness (QED) is 0.697. The number of alkyl halides is 1. The fourth-order valence-corrected chi connectivity index (χ4v) is 1.96. The Hall–Kier alpha value is -1.31. The van der Waals surface area contributed by atoms with E-state index in [0.717, 1.165) is 6.20 Å². The third-order valence-corrected chi connectivity index (χ3v) is 3.09. The molecule has 7 heteroatoms. The van der Waals surface area contributed by atoms with E-state index in [9.17, 15) is 18.7 Å². The summed E-state index contributed by atoms with van der Waals surface area (Å²) in [4.78, 5) is 13.4. The summed E-state index contributed by atoms with van der Waals surface area (Å²) in [5, 5.41) is 18.3. The zero-order valence-electron chi connectivity index (χ0n) is 9.56. The van der Waals surface area contributed by atoms with Crippen molar-refractivity contribution in [1.29, 1.82) is 0 Å². The molecule has 1 aliphatic rings. The van der Waals surface area contributed by atoms with E-state index < -0.39 is 42.5 Å². The van der Waals surface area contributed by atoms with Crippen LogP contribution in [0.25, 0.3) is 0 Å². The van der Waals surface area contributed by atoms with Gasteiger partial charge in [0, 0.05) is 11.8 Å². The van der Waals surface area contributed by atoms with Crippen LogP contribution in [0.5, 0.6) is 0 Å². The zero-order chi connectivity index (χ0) is 13.4. The molecule has 1 aromatic rings. The highest BCUT2D eigenvalue weighted by Crippen LogP contribution is 2.36. The Bertz CT molecular complexity index is 504. The Labute approximate surface area is 101 Å². The summed E-state index contributed by atoms with van der Waals surface area (Å²) in [6, 6.07) is 0. The summed E-state index contributed by atoms with van der Waals surface area (Å²) >= 11 is 0. The molecule has 4 atom stereocenters. The van der Waals surface area contributed by atoms with Gasteiger partial charge in [-0.3, -0.25) is 4.79 Å². The van der Waals surface area contributed by atoms with Crippen molar-refractivity contribution in [1.82, 2.24) is 4.98 Å². The van der Waals surface area contributed by atoms with Crippen molar-refractivity contribution in [2.45, 2.75) is 31.4 Å². The minimum absolute atomic E-state index is 0.172. The summed E-state index contributed by atoms with van der Waals surface area (Å²) in [7, 11) is 0. The van der Waals surface area contributed by atoms with Gasteiger partial charge in [-0.25, -0.2) is 8.78 Å². The molecular formula is C11H13F2NO4. The van der Waals surface area contributed by atoms with Crippen LogP contribution in [0.2, 0.25) is 0 Å². The Morgan fingerprint density at radius 3 is 2.78 bits per heavy atom. The van der Waals surface area contributed by atoms with Crippen molar-refractivity contribution in [2.75, 3.05) is 6.61 Å². The Morgan fingerprint density at radius 2 is 2.22 bits per heavy atom. The first-order valence-corrected chi connectivity index (χ1v) is 5.43. The van der Waals surface area contributed by atoms with E-state index >= 15 is 0 Å². The van der Waals surface area contributed by atoms with Crippen molar-refractivity contribution in [3.63, 3.8) is 0 Å². The summed E-state index contributed by atoms with van der Waals surface area (Å²) in [6.07, 6.45) is -4.80. The maximum absolute atomic E-state index is 13.8. The Morgan fingerprint density at radius 1 is 1.56 bits per heavy atom. The van der Waals surface area contributed by atoms with E-state index in [0.29, 0.717) is 0 Å². The second kappa shape index (κ2) is 4.75. The van der Waals surface area contributed by atoms with Gasteiger partial charge >= 0.3 is 0 Å². The number of aromatic nitrogens is 1. The lowest BCUT2D eigenvalue weighted by atomic mass is 10.0. The molecule has 1 aliphatic heterocycles. The lowest BCUT2D eigenvalue weighted by Crippen LogP contribution is -2.30. The van der Waals surface area contributed by atoms with Crippen LogP contribution in [0.4, 0.5) is 8.78 Å². The lowest BCUT2D eigenvalue weighted by Gasteiger charge is -2.14. The number of rotatable bonds is 2. The molecule has 3 N–H and O–H groups in total. The average molecular weight is 261 g/mol. The lowest BCUT2D eigenvalue weighted by molar-refractivity contribution is -0.0235. The van der Waals surface area contributed by atoms with Crippen LogP contribution in [-0.2, 0) is 4.74 Å². The highest BCUT2D eigenvalue weighted by molar-refractivity contribution is 5.24. The summed E-state index contributed by atoms with van der Waals surface area (Å²) in [5.74, 6) is -0.864. The minimum Gasteiger partial charge on any atom is -0.394 e. The van der Waals surface area contributed by atoms with Gasteiger partial charge in [-0.05, 0) is 6.92 Å². The van der Waals surface area contributed by atoms with Gasteiger partial charge in [0.05, 0.1) is 12.2 Å². The molecule has 0 spiro atoms. The van der Waals surface area contributed by atoms with Crippen LogP contribution in [0.3, 0.4) is 0 Å². The van der Waals surface area contributed by atoms with E-state index in [2.05, 4.69) is 4.98 Å². The fourth-order valence-electron chi connectivity index (χ4n) is 1.96. The number of ether oxygens (including phenoxy) is 1. The van der Waals surface area contributed by atoms with Crippen LogP contribution in [0, 0.1) is 12.7 Å². The predicted molar refractivity (Wildman–Crippen MR) is 57.4 cm³/mol. The number of pyridine rings is 1. The minimum atomic E-state index is -1.86. The summed E-state index contributed by atoms with van der Waals surface area (Å²) < 4.78 is 32.7. The predicted octanol–water partition coefficient (Wildman–Crippen LogP) is -0.0464. The molecule has 1 fully saturated rings. The number of nitrogens with one attached hydrogen (secondary N) is 1. The fraction of sp³-hybridized carbons (Fsp3) is 0.545. The third kappa shape index (κ3) is 1.94. The van der Waals surface area contributed by atoms with E-state index in [1.807, 2.05) is 0 Å². The number of hydrogen-bond acceptors (Lipinski definition) is 4. The average Bonchev–Trinajstić information content (AvgIpc) is 2.64. The molecule has 18 heavy (non-hydrogen) atoms. The van der Waals surface area contributed by atoms with Gasteiger partial charge in [0.15, 0.2) is 6.17 Å². The standard InChI is InChI=1S/C11H13F2NO4/c1-4-7(12)5(2-14-11(4)17)10-8(13)9(16)6(3-15)18-10/h2,6,8-10,15-16H,3H2,1H3,(H,14,17)/t6-,8?,9?,10+/m1/s1. The molecule has 5 nitrogen and oxygen atoms in total. The van der Waals surface area contributed by atoms with Gasteiger partial charge in [-0.2, -0.15) is 0 Å². The van der Waals surface area contributed by atoms with Crippen molar-refractivity contribution in [3.8, 4) is 0 Å². The number of hydrogen-bond donors (Lipinski definition) is 3. The number of halogens is 2. The van der Waals surface area contributed by atoms with Crippen LogP contribution in [0.15, 0.2) is 11.0 Å². The van der Waals surface area contributed by atoms with E-state index in [1.54, 1.807) is 0 Å². The second-order valence-corrected chi connectivity index (χ2v) is 4.22. The Kier molecular flexibility index (Phi) is 3.47. The molecule has 0 bridgehead atoms. The number of aliphatic hydroxyl groups is 2. The molecule has 0 amide bonds. The topological polar surface area (TPSA) is 82.5 Å². The molecule has 0 saturated carbocycles. The molecule has 1 aromatic heterocycles. The molecule has 0 radical (unpaired) electrons. The maximum atomic E-state index is 13.8. The maximum Gasteiger partial charge on any atom is 0.253 e. The first-order valence-electron chi connectivity index (χ1n) is 5.43. The summed E-state index contributed by atoms with van der Waals surface area (Å²) in [6.45, 7) is 0.696. The smallest absolute Gasteiger partial charge is 0.253 e. The van der Waals surface area contributed by atoms with Crippen LogP contribution in [-0.4, -0.2) is 40.2 Å². The van der Waals surface area contributed by atoms with Crippen molar-refractivity contribution >= 4 is 0 Å². The monoisotopic (exact) mass is 261 g/mol. The number of aliphatic hydroxyl groups excluding tert-OH is 2. The zero-order valence-corrected chi connectivity index (χ0v) is 9.56. The molecule has 0 aliphatic carbocycles. The molecule has 100 valence electrons. The largest absolute Gasteiger partial charge is 0.394 e. The number of H-pyrrole nitrogens is 1. The number of aromatic amines is 1. The molecule has 2 heterocycles. The third-order valence-electron chi connectivity index (χ3n) is 3.09. The van der Waals surface area contributed by atoms with E-state index in [1.165, 1.54) is 6.92 Å². The van der Waals surface area contributed by atoms with Gasteiger partial charge < -0.3 is 19.9 Å². The highest BCUT2D eigenvalue weighted by Gasteiger charge is 2.45. The highest BCUT2D eigenvalue weighted by atomic mass is 19.1. The van der Waals surface area contributed by atoms with Crippen LogP contribution >= 0.6 is 0 Å². The molecule has 2 unspecified atom stereocenters. The van der Waals surface area contributed by atoms with Crippen molar-refractivity contribution in [3.05, 3.63) is 33.5 Å². The van der Waals surface area contributed by atoms with E-state index in [-0.39, 0.29) is 11.1 Å². The summed E-state index contributed by atoms with van der Waals surface area (Å²) in [5.41, 5.74) is -0.955. The van der Waals surface area contributed by atoms with Gasteiger partial charge in [-0.15, -0.1) is 0 Å². The second-order valence-electron chi connectivity index (χ2n) is 4.22. The van der Waals surface area contributed by atoms with Crippen LogP contribution < -0.4 is 5.56 Å². The van der Waals surface area contributed by atoms with Crippen molar-refractivity contribution in [2.24, 2.45) is 0 Å². The molecule has 1 saturated heterocycles. The normalized spacial score (nSPS) is 31.8. The SMILES string of the molecule is Cc1c(F)c([C@@H]2O[C@H](CO)C(O)C2F)c[nH]c1=O.